The molecule has 0 aliphatic rings. The Balaban J connectivity index is 2.84. The molecule has 0 bridgehead atoms. The number of fused-ring (bicyclic) bond motifs is 1. The monoisotopic (exact) mass is 188 g/mol. The Morgan fingerprint density at radius 3 is 2.62 bits per heavy atom. The normalized spacial score (nSPS) is 10.6. The van der Waals surface area contributed by atoms with E-state index in [4.69, 9.17) is 0 Å². The van der Waals surface area contributed by atoms with Crippen molar-refractivity contribution in [2.45, 2.75) is 12.7 Å². The van der Waals surface area contributed by atoms with Crippen molar-refractivity contribution in [1.29, 1.82) is 0 Å². The van der Waals surface area contributed by atoms with Crippen LogP contribution in [-0.2, 0) is 5.75 Å². The minimum Gasteiger partial charge on any atom is -0.175 e. The van der Waals surface area contributed by atoms with Crippen LogP contribution in [0.25, 0.3) is 10.8 Å². The number of benzene rings is 2. The van der Waals surface area contributed by atoms with Gasteiger partial charge in [0.15, 0.2) is 0 Å². The zero-order valence-corrected chi connectivity index (χ0v) is 8.51. The molecule has 0 saturated carbocycles. The largest absolute Gasteiger partial charge is 0.175 e. The molecule has 0 aliphatic carbocycles. The van der Waals surface area contributed by atoms with Crippen molar-refractivity contribution in [3.05, 3.63) is 47.5 Å². The lowest BCUT2D eigenvalue weighted by Gasteiger charge is -2.06. The van der Waals surface area contributed by atoms with Crippen LogP contribution in [0.1, 0.15) is 11.1 Å². The quantitative estimate of drug-likeness (QED) is 0.650. The number of aryl methyl sites for hydroxylation is 1. The second-order valence-electron chi connectivity index (χ2n) is 3.24. The van der Waals surface area contributed by atoms with Gasteiger partial charge >= 0.3 is 0 Å². The summed E-state index contributed by atoms with van der Waals surface area (Å²) in [5.41, 5.74) is 2.68. The van der Waals surface area contributed by atoms with Crippen molar-refractivity contribution in [3.63, 3.8) is 0 Å². The topological polar surface area (TPSA) is 0 Å². The SMILES string of the molecule is Cc1ccc2ccccc2c1CS. The second kappa shape index (κ2) is 3.43. The van der Waals surface area contributed by atoms with E-state index in [-0.39, 0.29) is 0 Å². The molecule has 66 valence electrons. The van der Waals surface area contributed by atoms with Gasteiger partial charge in [0, 0.05) is 5.75 Å². The van der Waals surface area contributed by atoms with E-state index in [9.17, 15) is 0 Å². The van der Waals surface area contributed by atoms with Crippen LogP contribution in [-0.4, -0.2) is 0 Å². The molecule has 0 N–H and O–H groups in total. The van der Waals surface area contributed by atoms with Gasteiger partial charge in [-0.2, -0.15) is 12.6 Å². The van der Waals surface area contributed by atoms with Gasteiger partial charge in [0.1, 0.15) is 0 Å². The van der Waals surface area contributed by atoms with Crippen molar-refractivity contribution >= 4 is 23.4 Å². The van der Waals surface area contributed by atoms with E-state index >= 15 is 0 Å². The Kier molecular flexibility index (Phi) is 2.28. The molecule has 2 aromatic rings. The van der Waals surface area contributed by atoms with Gasteiger partial charge in [0.2, 0.25) is 0 Å². The summed E-state index contributed by atoms with van der Waals surface area (Å²) in [6, 6.07) is 12.8. The molecule has 0 aromatic heterocycles. The van der Waals surface area contributed by atoms with Crippen LogP contribution in [0, 0.1) is 6.92 Å². The van der Waals surface area contributed by atoms with E-state index in [1.165, 1.54) is 21.9 Å². The molecule has 1 heteroatoms. The fourth-order valence-corrected chi connectivity index (χ4v) is 2.07. The summed E-state index contributed by atoms with van der Waals surface area (Å²) in [6.45, 7) is 2.14. The average Bonchev–Trinajstić information content (AvgIpc) is 2.18. The van der Waals surface area contributed by atoms with Gasteiger partial charge in [0.05, 0.1) is 0 Å². The second-order valence-corrected chi connectivity index (χ2v) is 3.56. The molecule has 0 radical (unpaired) electrons. The molecule has 0 aliphatic heterocycles. The van der Waals surface area contributed by atoms with Gasteiger partial charge in [-0.3, -0.25) is 0 Å². The highest BCUT2D eigenvalue weighted by Crippen LogP contribution is 2.23. The van der Waals surface area contributed by atoms with Crippen LogP contribution in [0.15, 0.2) is 36.4 Å². The summed E-state index contributed by atoms with van der Waals surface area (Å²) in [6.07, 6.45) is 0. The third kappa shape index (κ3) is 1.44. The van der Waals surface area contributed by atoms with E-state index < -0.39 is 0 Å². The molecule has 13 heavy (non-hydrogen) atoms. The first kappa shape index (κ1) is 8.64. The first-order valence-electron chi connectivity index (χ1n) is 4.41. The van der Waals surface area contributed by atoms with Crippen molar-refractivity contribution in [2.75, 3.05) is 0 Å². The third-order valence-electron chi connectivity index (χ3n) is 2.43. The number of rotatable bonds is 1. The van der Waals surface area contributed by atoms with Gasteiger partial charge in [0.25, 0.3) is 0 Å². The van der Waals surface area contributed by atoms with E-state index in [2.05, 4.69) is 56.0 Å². The van der Waals surface area contributed by atoms with E-state index in [0.29, 0.717) is 0 Å². The molecule has 0 amide bonds. The predicted molar refractivity (Wildman–Crippen MR) is 61.4 cm³/mol. The highest BCUT2D eigenvalue weighted by molar-refractivity contribution is 7.79. The molecule has 0 heterocycles. The highest BCUT2D eigenvalue weighted by atomic mass is 32.1. The first-order valence-corrected chi connectivity index (χ1v) is 5.04. The molecule has 0 saturated heterocycles. The van der Waals surface area contributed by atoms with Gasteiger partial charge in [-0.25, -0.2) is 0 Å². The van der Waals surface area contributed by atoms with Crippen molar-refractivity contribution < 1.29 is 0 Å². The summed E-state index contributed by atoms with van der Waals surface area (Å²) in [4.78, 5) is 0. The Labute approximate surface area is 84.0 Å². The fourth-order valence-electron chi connectivity index (χ4n) is 1.65. The Bertz CT molecular complexity index is 432. The van der Waals surface area contributed by atoms with Crippen LogP contribution in [0.5, 0.6) is 0 Å². The summed E-state index contributed by atoms with van der Waals surface area (Å²) in [5, 5.41) is 2.63. The number of hydrogen-bond acceptors (Lipinski definition) is 1. The Hall–Kier alpha value is -0.950. The van der Waals surface area contributed by atoms with E-state index in [1.807, 2.05) is 0 Å². The van der Waals surface area contributed by atoms with Crippen LogP contribution >= 0.6 is 12.6 Å². The molecule has 2 rings (SSSR count). The molecule has 0 nitrogen and oxygen atoms in total. The lowest BCUT2D eigenvalue weighted by atomic mass is 10.0. The van der Waals surface area contributed by atoms with Crippen molar-refractivity contribution in [1.82, 2.24) is 0 Å². The fraction of sp³-hybridized carbons (Fsp3) is 0.167. The average molecular weight is 188 g/mol. The smallest absolute Gasteiger partial charge is 0.0163 e. The third-order valence-corrected chi connectivity index (χ3v) is 2.75. The molecule has 0 atom stereocenters. The summed E-state index contributed by atoms with van der Waals surface area (Å²) < 4.78 is 0. The Morgan fingerprint density at radius 2 is 1.85 bits per heavy atom. The van der Waals surface area contributed by atoms with E-state index in [0.717, 1.165) is 5.75 Å². The number of thiol groups is 1. The standard InChI is InChI=1S/C12H12S/c1-9-6-7-10-4-2-3-5-11(10)12(9)8-13/h2-7,13H,8H2,1H3. The Morgan fingerprint density at radius 1 is 1.08 bits per heavy atom. The summed E-state index contributed by atoms with van der Waals surface area (Å²) in [5.74, 6) is 0.813. The zero-order chi connectivity index (χ0) is 9.26. The minimum absolute atomic E-state index is 0.813. The molecule has 0 unspecified atom stereocenters. The summed E-state index contributed by atoms with van der Waals surface area (Å²) in [7, 11) is 0. The molecular weight excluding hydrogens is 176 g/mol. The maximum Gasteiger partial charge on any atom is 0.0163 e. The van der Waals surface area contributed by atoms with Gasteiger partial charge in [-0.05, 0) is 28.8 Å². The zero-order valence-electron chi connectivity index (χ0n) is 7.62. The van der Waals surface area contributed by atoms with Crippen molar-refractivity contribution in [3.8, 4) is 0 Å². The molecule has 0 fully saturated rings. The van der Waals surface area contributed by atoms with Gasteiger partial charge in [-0.15, -0.1) is 0 Å². The van der Waals surface area contributed by atoms with Crippen LogP contribution in [0.2, 0.25) is 0 Å². The van der Waals surface area contributed by atoms with E-state index in [1.54, 1.807) is 0 Å². The lowest BCUT2D eigenvalue weighted by Crippen LogP contribution is -1.86. The van der Waals surface area contributed by atoms with Crippen LogP contribution < -0.4 is 0 Å². The molecule has 2 aromatic carbocycles. The van der Waals surface area contributed by atoms with Gasteiger partial charge < -0.3 is 0 Å². The maximum absolute atomic E-state index is 4.36. The van der Waals surface area contributed by atoms with Gasteiger partial charge in [-0.1, -0.05) is 36.4 Å². The minimum atomic E-state index is 0.813. The van der Waals surface area contributed by atoms with Crippen LogP contribution in [0.4, 0.5) is 0 Å². The number of hydrogen-bond donors (Lipinski definition) is 1. The lowest BCUT2D eigenvalue weighted by molar-refractivity contribution is 1.35. The molecule has 0 spiro atoms. The summed E-state index contributed by atoms with van der Waals surface area (Å²) >= 11 is 4.36. The first-order chi connectivity index (χ1) is 6.33. The highest BCUT2D eigenvalue weighted by Gasteiger charge is 2.01. The maximum atomic E-state index is 4.36. The molecular formula is C12H12S. The van der Waals surface area contributed by atoms with Crippen molar-refractivity contribution in [2.24, 2.45) is 0 Å². The van der Waals surface area contributed by atoms with Crippen LogP contribution in [0.3, 0.4) is 0 Å². The predicted octanol–water partition coefficient (Wildman–Crippen LogP) is 3.58.